The zero-order valence-corrected chi connectivity index (χ0v) is 17.9. The molecule has 3 rings (SSSR count). The van der Waals surface area contributed by atoms with Crippen molar-refractivity contribution in [1.29, 1.82) is 0 Å². The van der Waals surface area contributed by atoms with Crippen LogP contribution in [0.2, 0.25) is 0 Å². The Labute approximate surface area is 181 Å². The van der Waals surface area contributed by atoms with Crippen LogP contribution in [-0.2, 0) is 25.9 Å². The number of carbonyl (C=O) groups excluding carboxylic acids is 1. The smallest absolute Gasteiger partial charge is 0.339 e. The number of carbonyl (C=O) groups is 1. The van der Waals surface area contributed by atoms with Crippen LogP contribution in [0.25, 0.3) is 0 Å². The first-order valence-corrected chi connectivity index (χ1v) is 10.8. The van der Waals surface area contributed by atoms with Gasteiger partial charge < -0.3 is 18.9 Å². The van der Waals surface area contributed by atoms with Gasteiger partial charge in [-0.2, -0.15) is 0 Å². The third-order valence-corrected chi connectivity index (χ3v) is 6.17. The molecule has 31 heavy (non-hydrogen) atoms. The minimum Gasteiger partial charge on any atom is -0.485 e. The Kier molecular flexibility index (Phi) is 7.28. The van der Waals surface area contributed by atoms with Gasteiger partial charge in [-0.05, 0) is 23.8 Å². The third kappa shape index (κ3) is 5.22. The molecule has 0 saturated carbocycles. The van der Waals surface area contributed by atoms with E-state index in [0.29, 0.717) is 0 Å². The van der Waals surface area contributed by atoms with Crippen molar-refractivity contribution in [2.75, 3.05) is 21.0 Å². The fraction of sp³-hybridized carbons (Fsp3) is 0.174. The summed E-state index contributed by atoms with van der Waals surface area (Å²) in [5.74, 6) is -0.500. The third-order valence-electron chi connectivity index (χ3n) is 4.36. The Morgan fingerprint density at radius 1 is 0.839 bits per heavy atom. The molecule has 0 unspecified atom stereocenters. The second-order valence-electron chi connectivity index (χ2n) is 6.43. The highest BCUT2D eigenvalue weighted by Crippen LogP contribution is 2.36. The SMILES string of the molecule is COCOc1cc(C(=O)OC)c(S(=O)(=O)c2ccccc2)cc1OCc1ccccc1. The predicted molar refractivity (Wildman–Crippen MR) is 113 cm³/mol. The van der Waals surface area contributed by atoms with Crippen LogP contribution in [0.1, 0.15) is 15.9 Å². The first-order chi connectivity index (χ1) is 15.0. The number of hydrogen-bond donors (Lipinski definition) is 0. The van der Waals surface area contributed by atoms with E-state index in [9.17, 15) is 13.2 Å². The zero-order valence-electron chi connectivity index (χ0n) is 17.1. The van der Waals surface area contributed by atoms with Crippen LogP contribution in [0.5, 0.6) is 11.5 Å². The van der Waals surface area contributed by atoms with Crippen LogP contribution in [-0.4, -0.2) is 35.4 Å². The fourth-order valence-electron chi connectivity index (χ4n) is 2.84. The molecule has 0 aliphatic carbocycles. The van der Waals surface area contributed by atoms with E-state index < -0.39 is 15.8 Å². The van der Waals surface area contributed by atoms with Crippen molar-refractivity contribution in [2.24, 2.45) is 0 Å². The number of rotatable bonds is 9. The number of esters is 1. The highest BCUT2D eigenvalue weighted by molar-refractivity contribution is 7.91. The molecule has 0 atom stereocenters. The normalized spacial score (nSPS) is 11.0. The highest BCUT2D eigenvalue weighted by Gasteiger charge is 2.28. The average molecular weight is 442 g/mol. The van der Waals surface area contributed by atoms with Crippen molar-refractivity contribution in [2.45, 2.75) is 16.4 Å². The molecule has 0 spiro atoms. The molecular formula is C23H22O7S. The highest BCUT2D eigenvalue weighted by atomic mass is 32.2. The number of sulfone groups is 1. The zero-order chi connectivity index (χ0) is 22.3. The van der Waals surface area contributed by atoms with Gasteiger partial charge in [0.25, 0.3) is 0 Å². The maximum Gasteiger partial charge on any atom is 0.339 e. The summed E-state index contributed by atoms with van der Waals surface area (Å²) in [5, 5.41) is 0. The Morgan fingerprint density at radius 2 is 1.45 bits per heavy atom. The summed E-state index contributed by atoms with van der Waals surface area (Å²) in [5.41, 5.74) is 0.717. The maximum atomic E-state index is 13.3. The first kappa shape index (κ1) is 22.3. The molecule has 0 fully saturated rings. The molecule has 0 aliphatic heterocycles. The van der Waals surface area contributed by atoms with E-state index in [0.717, 1.165) is 5.56 Å². The van der Waals surface area contributed by atoms with Crippen molar-refractivity contribution in [3.05, 3.63) is 83.9 Å². The van der Waals surface area contributed by atoms with Crippen molar-refractivity contribution < 1.29 is 32.2 Å². The largest absolute Gasteiger partial charge is 0.485 e. The van der Waals surface area contributed by atoms with Gasteiger partial charge in [-0.15, -0.1) is 0 Å². The fourth-order valence-corrected chi connectivity index (χ4v) is 4.31. The van der Waals surface area contributed by atoms with Gasteiger partial charge in [0.15, 0.2) is 18.3 Å². The quantitative estimate of drug-likeness (QED) is 0.367. The number of hydrogen-bond acceptors (Lipinski definition) is 7. The van der Waals surface area contributed by atoms with E-state index in [-0.39, 0.29) is 40.3 Å². The van der Waals surface area contributed by atoms with Gasteiger partial charge in [-0.3, -0.25) is 0 Å². The molecule has 7 nitrogen and oxygen atoms in total. The summed E-state index contributed by atoms with van der Waals surface area (Å²) in [6.45, 7) is 0.0552. The van der Waals surface area contributed by atoms with Crippen LogP contribution in [0, 0.1) is 0 Å². The summed E-state index contributed by atoms with van der Waals surface area (Å²) >= 11 is 0. The average Bonchev–Trinajstić information content (AvgIpc) is 2.81. The molecule has 0 bridgehead atoms. The Bertz CT molecular complexity index is 1130. The summed E-state index contributed by atoms with van der Waals surface area (Å²) < 4.78 is 47.7. The number of ether oxygens (including phenoxy) is 4. The minimum absolute atomic E-state index is 0.0414. The summed E-state index contributed by atoms with van der Waals surface area (Å²) in [6.07, 6.45) is 0. The molecule has 0 amide bonds. The standard InChI is InChI=1S/C23H22O7S/c1-27-16-30-20-13-19(23(24)28-2)22(31(25,26)18-11-7-4-8-12-18)14-21(20)29-15-17-9-5-3-6-10-17/h3-14H,15-16H2,1-2H3. The van der Waals surface area contributed by atoms with Gasteiger partial charge in [0.05, 0.1) is 22.5 Å². The van der Waals surface area contributed by atoms with Gasteiger partial charge in [0.1, 0.15) is 6.61 Å². The molecule has 3 aromatic carbocycles. The molecule has 0 heterocycles. The first-order valence-electron chi connectivity index (χ1n) is 9.32. The summed E-state index contributed by atoms with van der Waals surface area (Å²) in [6, 6.07) is 19.8. The lowest BCUT2D eigenvalue weighted by atomic mass is 10.2. The molecule has 162 valence electrons. The Morgan fingerprint density at radius 3 is 2.06 bits per heavy atom. The second kappa shape index (κ2) is 10.1. The van der Waals surface area contributed by atoms with Gasteiger partial charge in [-0.1, -0.05) is 48.5 Å². The van der Waals surface area contributed by atoms with Crippen LogP contribution >= 0.6 is 0 Å². The molecular weight excluding hydrogens is 420 g/mol. The molecule has 0 saturated heterocycles. The summed E-state index contributed by atoms with van der Waals surface area (Å²) in [4.78, 5) is 12.2. The van der Waals surface area contributed by atoms with E-state index in [1.807, 2.05) is 30.3 Å². The van der Waals surface area contributed by atoms with Gasteiger partial charge in [-0.25, -0.2) is 13.2 Å². The molecule has 0 N–H and O–H groups in total. The number of methoxy groups -OCH3 is 2. The lowest BCUT2D eigenvalue weighted by Crippen LogP contribution is -2.13. The molecule has 0 radical (unpaired) electrons. The Hall–Kier alpha value is -3.36. The lowest BCUT2D eigenvalue weighted by Gasteiger charge is -2.17. The Balaban J connectivity index is 2.12. The van der Waals surface area contributed by atoms with E-state index in [4.69, 9.17) is 18.9 Å². The van der Waals surface area contributed by atoms with Gasteiger partial charge >= 0.3 is 5.97 Å². The van der Waals surface area contributed by atoms with Crippen LogP contribution < -0.4 is 9.47 Å². The van der Waals surface area contributed by atoms with Crippen LogP contribution in [0.3, 0.4) is 0 Å². The predicted octanol–water partition coefficient (Wildman–Crippen LogP) is 3.87. The van der Waals surface area contributed by atoms with E-state index in [1.165, 1.54) is 38.5 Å². The van der Waals surface area contributed by atoms with E-state index in [1.54, 1.807) is 18.2 Å². The van der Waals surface area contributed by atoms with Crippen molar-refractivity contribution in [1.82, 2.24) is 0 Å². The second-order valence-corrected chi connectivity index (χ2v) is 8.35. The number of benzene rings is 3. The van der Waals surface area contributed by atoms with E-state index in [2.05, 4.69) is 0 Å². The van der Waals surface area contributed by atoms with Crippen molar-refractivity contribution in [3.8, 4) is 11.5 Å². The molecule has 0 aliphatic rings. The molecule has 8 heteroatoms. The topological polar surface area (TPSA) is 88.1 Å². The van der Waals surface area contributed by atoms with Crippen molar-refractivity contribution >= 4 is 15.8 Å². The molecule has 3 aromatic rings. The summed E-state index contributed by atoms with van der Waals surface area (Å²) in [7, 11) is -1.41. The molecule has 0 aromatic heterocycles. The van der Waals surface area contributed by atoms with Crippen molar-refractivity contribution in [3.63, 3.8) is 0 Å². The minimum atomic E-state index is -4.04. The van der Waals surface area contributed by atoms with E-state index >= 15 is 0 Å². The lowest BCUT2D eigenvalue weighted by molar-refractivity contribution is 0.0476. The van der Waals surface area contributed by atoms with Gasteiger partial charge in [0, 0.05) is 13.2 Å². The maximum absolute atomic E-state index is 13.3. The monoisotopic (exact) mass is 442 g/mol. The van der Waals surface area contributed by atoms with Crippen LogP contribution in [0.15, 0.2) is 82.6 Å². The van der Waals surface area contributed by atoms with Crippen LogP contribution in [0.4, 0.5) is 0 Å². The van der Waals surface area contributed by atoms with Gasteiger partial charge in [0.2, 0.25) is 9.84 Å².